The summed E-state index contributed by atoms with van der Waals surface area (Å²) < 4.78 is 13.7. The molecule has 1 heterocycles. The molecular weight excluding hydrogens is 302 g/mol. The first-order valence-corrected chi connectivity index (χ1v) is 6.94. The van der Waals surface area contributed by atoms with Crippen molar-refractivity contribution in [3.63, 3.8) is 0 Å². The summed E-state index contributed by atoms with van der Waals surface area (Å²) in [6, 6.07) is 4.25. The van der Waals surface area contributed by atoms with Crippen LogP contribution in [0.3, 0.4) is 0 Å². The maximum Gasteiger partial charge on any atom is 0.256 e. The molecule has 1 aliphatic heterocycles. The van der Waals surface area contributed by atoms with Crippen LogP contribution in [0.1, 0.15) is 23.2 Å². The Morgan fingerprint density at radius 1 is 1.35 bits per heavy atom. The number of carbonyl (C=O) groups is 1. The number of hydrogen-bond acceptors (Lipinski definition) is 2. The summed E-state index contributed by atoms with van der Waals surface area (Å²) in [5.74, 6) is 0.0461. The molecule has 6 heteroatoms. The summed E-state index contributed by atoms with van der Waals surface area (Å²) in [6.07, 6.45) is 2.09. The van der Waals surface area contributed by atoms with Crippen molar-refractivity contribution in [1.29, 1.82) is 0 Å². The van der Waals surface area contributed by atoms with Crippen LogP contribution in [-0.2, 0) is 0 Å². The van der Waals surface area contributed by atoms with Crippen LogP contribution in [0, 0.1) is 17.7 Å². The third-order valence-corrected chi connectivity index (χ3v) is 4.59. The molecule has 0 radical (unpaired) electrons. The third kappa shape index (κ3) is 2.65. The monoisotopic (exact) mass is 318 g/mol. The van der Waals surface area contributed by atoms with Crippen molar-refractivity contribution in [3.8, 4) is 0 Å². The van der Waals surface area contributed by atoms with Gasteiger partial charge in [-0.1, -0.05) is 11.6 Å². The Kier molecular flexibility index (Phi) is 4.57. The summed E-state index contributed by atoms with van der Waals surface area (Å²) in [5, 5.41) is 0.376. The highest BCUT2D eigenvalue weighted by molar-refractivity contribution is 6.31. The van der Waals surface area contributed by atoms with Crippen molar-refractivity contribution in [2.75, 3.05) is 13.1 Å². The molecule has 0 aromatic heterocycles. The number of carbonyl (C=O) groups excluding carboxylic acids is 1. The molecule has 1 saturated heterocycles. The van der Waals surface area contributed by atoms with Gasteiger partial charge in [-0.15, -0.1) is 12.4 Å². The van der Waals surface area contributed by atoms with Crippen molar-refractivity contribution >= 4 is 29.9 Å². The van der Waals surface area contributed by atoms with Crippen LogP contribution in [0.25, 0.3) is 0 Å². The van der Waals surface area contributed by atoms with E-state index in [0.29, 0.717) is 29.9 Å². The molecule has 2 fully saturated rings. The van der Waals surface area contributed by atoms with Crippen LogP contribution in [0.4, 0.5) is 4.39 Å². The Bertz CT molecular complexity index is 526. The van der Waals surface area contributed by atoms with E-state index in [1.807, 2.05) is 0 Å². The molecule has 3 unspecified atom stereocenters. The largest absolute Gasteiger partial charge is 0.338 e. The van der Waals surface area contributed by atoms with Gasteiger partial charge in [-0.25, -0.2) is 4.39 Å². The molecule has 3 atom stereocenters. The Balaban J connectivity index is 0.00000147. The molecule has 0 spiro atoms. The molecule has 3 rings (SSSR count). The van der Waals surface area contributed by atoms with Gasteiger partial charge in [0.05, 0.1) is 5.56 Å². The molecule has 1 amide bonds. The molecule has 20 heavy (non-hydrogen) atoms. The lowest BCUT2D eigenvalue weighted by Gasteiger charge is -2.19. The minimum atomic E-state index is -0.518. The number of benzene rings is 1. The van der Waals surface area contributed by atoms with Gasteiger partial charge < -0.3 is 10.6 Å². The number of rotatable bonds is 1. The van der Waals surface area contributed by atoms with E-state index >= 15 is 0 Å². The van der Waals surface area contributed by atoms with Crippen molar-refractivity contribution in [2.24, 2.45) is 17.6 Å². The molecule has 1 aromatic rings. The van der Waals surface area contributed by atoms with Crippen LogP contribution < -0.4 is 5.73 Å². The van der Waals surface area contributed by atoms with Crippen molar-refractivity contribution < 1.29 is 9.18 Å². The zero-order chi connectivity index (χ0) is 13.6. The quantitative estimate of drug-likeness (QED) is 0.865. The molecule has 1 aliphatic carbocycles. The first-order chi connectivity index (χ1) is 9.06. The Morgan fingerprint density at radius 2 is 2.10 bits per heavy atom. The van der Waals surface area contributed by atoms with E-state index in [4.69, 9.17) is 17.3 Å². The van der Waals surface area contributed by atoms with E-state index in [9.17, 15) is 9.18 Å². The van der Waals surface area contributed by atoms with E-state index in [1.165, 1.54) is 18.2 Å². The van der Waals surface area contributed by atoms with Crippen LogP contribution in [0.5, 0.6) is 0 Å². The second-order valence-corrected chi connectivity index (χ2v) is 5.94. The Labute approximate surface area is 128 Å². The fraction of sp³-hybridized carbons (Fsp3) is 0.500. The fourth-order valence-corrected chi connectivity index (χ4v) is 3.48. The van der Waals surface area contributed by atoms with Gasteiger partial charge in [0, 0.05) is 24.2 Å². The van der Waals surface area contributed by atoms with Gasteiger partial charge in [0.1, 0.15) is 5.82 Å². The number of hydrogen-bond donors (Lipinski definition) is 1. The fourth-order valence-electron chi connectivity index (χ4n) is 3.31. The zero-order valence-corrected chi connectivity index (χ0v) is 12.5. The summed E-state index contributed by atoms with van der Waals surface area (Å²) >= 11 is 5.83. The normalized spacial score (nSPS) is 28.1. The lowest BCUT2D eigenvalue weighted by molar-refractivity contribution is 0.0775. The van der Waals surface area contributed by atoms with Gasteiger partial charge in [0.2, 0.25) is 0 Å². The molecule has 1 saturated carbocycles. The van der Waals surface area contributed by atoms with Crippen molar-refractivity contribution in [1.82, 2.24) is 4.90 Å². The summed E-state index contributed by atoms with van der Waals surface area (Å²) in [5.41, 5.74) is 6.10. The summed E-state index contributed by atoms with van der Waals surface area (Å²) in [7, 11) is 0. The number of nitrogens with two attached hydrogens (primary N) is 1. The standard InChI is InChI=1S/C14H16ClFN2O.ClH/c15-9-2-3-12(16)10(5-9)14(19)18-6-8-1-4-13(17)11(8)7-18;/h2-3,5,8,11,13H,1,4,6-7,17H2;1H. The van der Waals surface area contributed by atoms with Crippen molar-refractivity contribution in [3.05, 3.63) is 34.6 Å². The maximum absolute atomic E-state index is 13.7. The minimum absolute atomic E-state index is 0. The Morgan fingerprint density at radius 3 is 2.80 bits per heavy atom. The highest BCUT2D eigenvalue weighted by Gasteiger charge is 2.42. The van der Waals surface area contributed by atoms with Crippen LogP contribution in [0.2, 0.25) is 5.02 Å². The summed E-state index contributed by atoms with van der Waals surface area (Å²) in [6.45, 7) is 1.32. The number of nitrogens with zero attached hydrogens (tertiary/aromatic N) is 1. The highest BCUT2D eigenvalue weighted by Crippen LogP contribution is 2.37. The molecule has 2 N–H and O–H groups in total. The van der Waals surface area contributed by atoms with Gasteiger partial charge in [0.25, 0.3) is 5.91 Å². The molecule has 3 nitrogen and oxygen atoms in total. The molecule has 0 bridgehead atoms. The van der Waals surface area contributed by atoms with Gasteiger partial charge in [0.15, 0.2) is 0 Å². The smallest absolute Gasteiger partial charge is 0.256 e. The molecule has 110 valence electrons. The van der Waals surface area contributed by atoms with Gasteiger partial charge in [-0.05, 0) is 42.9 Å². The van der Waals surface area contributed by atoms with Gasteiger partial charge >= 0.3 is 0 Å². The van der Waals surface area contributed by atoms with E-state index in [1.54, 1.807) is 4.90 Å². The highest BCUT2D eigenvalue weighted by atomic mass is 35.5. The number of likely N-dealkylation sites (tertiary alicyclic amines) is 1. The number of fused-ring (bicyclic) bond motifs is 1. The third-order valence-electron chi connectivity index (χ3n) is 4.36. The maximum atomic E-state index is 13.7. The SMILES string of the molecule is Cl.NC1CCC2CN(C(=O)c3cc(Cl)ccc3F)CC12. The lowest BCUT2D eigenvalue weighted by Crippen LogP contribution is -2.33. The van der Waals surface area contributed by atoms with Gasteiger partial charge in [-0.3, -0.25) is 4.79 Å². The second kappa shape index (κ2) is 5.88. The molecular formula is C14H17Cl2FN2O. The number of amides is 1. The summed E-state index contributed by atoms with van der Waals surface area (Å²) in [4.78, 5) is 14.1. The van der Waals surface area contributed by atoms with Gasteiger partial charge in [-0.2, -0.15) is 0 Å². The molecule has 2 aliphatic rings. The predicted octanol–water partition coefficient (Wildman–Crippen LogP) is 2.71. The number of halogens is 3. The molecule has 1 aromatic carbocycles. The minimum Gasteiger partial charge on any atom is -0.338 e. The first kappa shape index (κ1) is 15.5. The average molecular weight is 319 g/mol. The Hall–Kier alpha value is -0.840. The van der Waals surface area contributed by atoms with Crippen molar-refractivity contribution in [2.45, 2.75) is 18.9 Å². The van der Waals surface area contributed by atoms with Crippen LogP contribution in [0.15, 0.2) is 18.2 Å². The predicted molar refractivity (Wildman–Crippen MR) is 78.8 cm³/mol. The lowest BCUT2D eigenvalue weighted by atomic mass is 9.98. The van der Waals surface area contributed by atoms with Crippen LogP contribution in [-0.4, -0.2) is 29.9 Å². The van der Waals surface area contributed by atoms with E-state index in [0.717, 1.165) is 12.8 Å². The van der Waals surface area contributed by atoms with E-state index < -0.39 is 5.82 Å². The second-order valence-electron chi connectivity index (χ2n) is 5.50. The van der Waals surface area contributed by atoms with E-state index in [2.05, 4.69) is 0 Å². The topological polar surface area (TPSA) is 46.3 Å². The average Bonchev–Trinajstić information content (AvgIpc) is 2.94. The first-order valence-electron chi connectivity index (χ1n) is 6.56. The zero-order valence-electron chi connectivity index (χ0n) is 10.9. The van der Waals surface area contributed by atoms with E-state index in [-0.39, 0.29) is 29.9 Å². The van der Waals surface area contributed by atoms with Crippen LogP contribution >= 0.6 is 24.0 Å².